The van der Waals surface area contributed by atoms with Gasteiger partial charge in [-0.15, -0.1) is 0 Å². The first-order valence-corrected chi connectivity index (χ1v) is 15.7. The second-order valence-corrected chi connectivity index (χ2v) is 15.0. The molecular weight excluding hydrogens is 550 g/mol. The minimum Gasteiger partial charge on any atom is -0.507 e. The van der Waals surface area contributed by atoms with Gasteiger partial charge in [0.15, 0.2) is 4.75 Å². The van der Waals surface area contributed by atoms with Crippen LogP contribution in [0.15, 0.2) is 96.0 Å². The quantitative estimate of drug-likeness (QED) is 0.259. The van der Waals surface area contributed by atoms with Gasteiger partial charge in [0.05, 0.1) is 0 Å². The summed E-state index contributed by atoms with van der Waals surface area (Å²) in [6.45, 7) is 14.8. The monoisotopic (exact) mass is 589 g/mol. The summed E-state index contributed by atoms with van der Waals surface area (Å²) in [5, 5.41) is 12.3. The van der Waals surface area contributed by atoms with Crippen molar-refractivity contribution < 1.29 is 14.6 Å². The lowest BCUT2D eigenvalue weighted by Gasteiger charge is -2.46. The summed E-state index contributed by atoms with van der Waals surface area (Å²) in [5.41, 5.74) is 5.94. The van der Waals surface area contributed by atoms with Crippen molar-refractivity contribution in [3.63, 3.8) is 0 Å². The maximum atomic E-state index is 14.7. The molecule has 5 heteroatoms. The molecule has 0 fully saturated rings. The van der Waals surface area contributed by atoms with Crippen LogP contribution in [0.2, 0.25) is 0 Å². The molecule has 0 bridgehead atoms. The highest BCUT2D eigenvalue weighted by molar-refractivity contribution is 8.16. The number of fused-ring (bicyclic) bond motifs is 1. The average molecular weight is 590 g/mol. The first-order valence-electron chi connectivity index (χ1n) is 14.9. The summed E-state index contributed by atoms with van der Waals surface area (Å²) in [4.78, 5) is 19.5. The third kappa shape index (κ3) is 4.88. The van der Waals surface area contributed by atoms with E-state index in [1.807, 2.05) is 60.7 Å². The number of phenolic OH excluding ortho intramolecular Hbond substituents is 1. The molecule has 4 aromatic carbocycles. The second kappa shape index (κ2) is 10.4. The van der Waals surface area contributed by atoms with Crippen LogP contribution in [0.3, 0.4) is 0 Å². The summed E-state index contributed by atoms with van der Waals surface area (Å²) in [5.74, 6) is 0.481. The van der Waals surface area contributed by atoms with Crippen LogP contribution < -0.4 is 4.74 Å². The number of aliphatic imine (C=N–C) groups is 1. The second-order valence-electron chi connectivity index (χ2n) is 13.8. The highest BCUT2D eigenvalue weighted by Gasteiger charge is 2.62. The van der Waals surface area contributed by atoms with E-state index in [2.05, 4.69) is 78.8 Å². The van der Waals surface area contributed by atoms with Crippen molar-refractivity contribution in [2.45, 2.75) is 76.1 Å². The van der Waals surface area contributed by atoms with E-state index in [0.29, 0.717) is 10.8 Å². The summed E-state index contributed by atoms with van der Waals surface area (Å²) in [7, 11) is 0. The molecule has 0 aliphatic carbocycles. The molecule has 4 aromatic rings. The zero-order chi connectivity index (χ0) is 30.7. The largest absolute Gasteiger partial charge is 0.507 e. The number of nitrogens with zero attached hydrogens (tertiary/aromatic N) is 1. The first-order chi connectivity index (χ1) is 20.3. The van der Waals surface area contributed by atoms with Gasteiger partial charge in [0.1, 0.15) is 22.6 Å². The Labute approximate surface area is 259 Å². The lowest BCUT2D eigenvalue weighted by molar-refractivity contribution is -0.123. The molecule has 2 heterocycles. The number of aryl methyl sites for hydroxylation is 1. The SMILES string of the molecule is Cc1ccccc1[C@H]1Oc2ccccc2[C@@H](c2cc(C(C)(C)C)c(O)c(C(C)(C)C)c2)[C@@]12SC(c1ccccc1)=NC2=O. The highest BCUT2D eigenvalue weighted by atomic mass is 32.2. The Bertz CT molecular complexity index is 1710. The lowest BCUT2D eigenvalue weighted by atomic mass is 9.69. The van der Waals surface area contributed by atoms with Crippen LogP contribution in [-0.2, 0) is 15.6 Å². The molecule has 4 nitrogen and oxygen atoms in total. The van der Waals surface area contributed by atoms with E-state index >= 15 is 0 Å². The molecule has 1 N–H and O–H groups in total. The minimum atomic E-state index is -1.12. The smallest absolute Gasteiger partial charge is 0.268 e. The summed E-state index contributed by atoms with van der Waals surface area (Å²) < 4.78 is 5.78. The van der Waals surface area contributed by atoms with Gasteiger partial charge in [-0.25, -0.2) is 4.99 Å². The minimum absolute atomic E-state index is 0.202. The van der Waals surface area contributed by atoms with Gasteiger partial charge in [0.2, 0.25) is 0 Å². The Hall–Kier alpha value is -3.83. The van der Waals surface area contributed by atoms with Gasteiger partial charge in [-0.3, -0.25) is 4.79 Å². The molecule has 1 spiro atoms. The maximum Gasteiger partial charge on any atom is 0.268 e. The average Bonchev–Trinajstić information content (AvgIpc) is 3.29. The third-order valence-electron chi connectivity index (χ3n) is 8.67. The standard InChI is InChI=1S/C38H39NO3S/c1-23-15-11-12-18-26(23)33-38(35(41)39-34(43-38)24-16-9-8-10-17-24)31(27-19-13-14-20-30(27)42-33)25-21-28(36(2,3)4)32(40)29(22-25)37(5,6)7/h8-22,31,33,40H,1-7H3/t31-,33-,38-/m1/s1. The van der Waals surface area contributed by atoms with Gasteiger partial charge in [0.25, 0.3) is 5.91 Å². The van der Waals surface area contributed by atoms with Crippen molar-refractivity contribution in [1.29, 1.82) is 0 Å². The zero-order valence-corrected chi connectivity index (χ0v) is 26.8. The van der Waals surface area contributed by atoms with Crippen LogP contribution in [0.5, 0.6) is 11.5 Å². The van der Waals surface area contributed by atoms with E-state index < -0.39 is 16.8 Å². The molecule has 1 amide bonds. The number of ether oxygens (including phenoxy) is 1. The van der Waals surface area contributed by atoms with E-state index in [1.54, 1.807) is 0 Å². The van der Waals surface area contributed by atoms with Gasteiger partial charge < -0.3 is 9.84 Å². The normalized spacial score (nSPS) is 21.8. The Morgan fingerprint density at radius 3 is 1.95 bits per heavy atom. The van der Waals surface area contributed by atoms with Crippen molar-refractivity contribution in [1.82, 2.24) is 0 Å². The highest BCUT2D eigenvalue weighted by Crippen LogP contribution is 2.62. The van der Waals surface area contributed by atoms with Crippen molar-refractivity contribution in [2.24, 2.45) is 4.99 Å². The molecule has 43 heavy (non-hydrogen) atoms. The fraction of sp³-hybridized carbons (Fsp3) is 0.316. The van der Waals surface area contributed by atoms with E-state index in [4.69, 9.17) is 9.73 Å². The molecule has 220 valence electrons. The van der Waals surface area contributed by atoms with Crippen LogP contribution in [-0.4, -0.2) is 20.8 Å². The van der Waals surface area contributed by atoms with E-state index in [0.717, 1.165) is 44.7 Å². The number of benzene rings is 4. The number of amides is 1. The lowest BCUT2D eigenvalue weighted by Crippen LogP contribution is -2.50. The molecule has 2 aliphatic heterocycles. The van der Waals surface area contributed by atoms with Gasteiger partial charge in [-0.1, -0.05) is 138 Å². The van der Waals surface area contributed by atoms with Crippen molar-refractivity contribution in [3.8, 4) is 11.5 Å². The Kier molecular flexibility index (Phi) is 7.08. The number of carbonyl (C=O) groups is 1. The van der Waals surface area contributed by atoms with Gasteiger partial charge in [-0.05, 0) is 51.6 Å². The fourth-order valence-electron chi connectivity index (χ4n) is 6.45. The Morgan fingerprint density at radius 1 is 0.791 bits per heavy atom. The van der Waals surface area contributed by atoms with E-state index in [9.17, 15) is 9.90 Å². The molecule has 0 aromatic heterocycles. The number of thioether (sulfide) groups is 1. The predicted molar refractivity (Wildman–Crippen MR) is 177 cm³/mol. The van der Waals surface area contributed by atoms with E-state index in [-0.39, 0.29) is 16.7 Å². The molecule has 6 rings (SSSR count). The predicted octanol–water partition coefficient (Wildman–Crippen LogP) is 9.02. The number of hydrogen-bond donors (Lipinski definition) is 1. The summed E-state index contributed by atoms with van der Waals surface area (Å²) in [6, 6.07) is 30.4. The molecule has 0 unspecified atom stereocenters. The topological polar surface area (TPSA) is 58.9 Å². The van der Waals surface area contributed by atoms with Crippen LogP contribution in [0.1, 0.15) is 92.5 Å². The molecule has 0 saturated carbocycles. The van der Waals surface area contributed by atoms with Crippen molar-refractivity contribution >= 4 is 22.7 Å². The van der Waals surface area contributed by atoms with Crippen LogP contribution in [0.4, 0.5) is 0 Å². The first kappa shape index (κ1) is 29.3. The zero-order valence-electron chi connectivity index (χ0n) is 25.9. The third-order valence-corrected chi connectivity index (χ3v) is 10.2. The number of aromatic hydroxyl groups is 1. The molecule has 2 aliphatic rings. The number of phenols is 1. The van der Waals surface area contributed by atoms with Crippen molar-refractivity contribution in [2.75, 3.05) is 0 Å². The summed E-state index contributed by atoms with van der Waals surface area (Å²) >= 11 is 1.52. The number of para-hydroxylation sites is 1. The van der Waals surface area contributed by atoms with Crippen LogP contribution in [0.25, 0.3) is 0 Å². The molecular formula is C38H39NO3S. The van der Waals surface area contributed by atoms with E-state index in [1.165, 1.54) is 11.8 Å². The van der Waals surface area contributed by atoms with Crippen molar-refractivity contribution in [3.05, 3.63) is 130 Å². The number of rotatable bonds is 3. The summed E-state index contributed by atoms with van der Waals surface area (Å²) in [6.07, 6.45) is -0.596. The number of carbonyl (C=O) groups excluding carboxylic acids is 1. The van der Waals surface area contributed by atoms with Crippen LogP contribution in [0, 0.1) is 6.92 Å². The molecule has 3 atom stereocenters. The van der Waals surface area contributed by atoms with Gasteiger partial charge in [-0.2, -0.15) is 0 Å². The van der Waals surface area contributed by atoms with Gasteiger partial charge in [0, 0.05) is 17.0 Å². The van der Waals surface area contributed by atoms with Gasteiger partial charge >= 0.3 is 0 Å². The fourth-order valence-corrected chi connectivity index (χ4v) is 7.95. The molecule has 0 radical (unpaired) electrons. The number of hydrogen-bond acceptors (Lipinski definition) is 4. The Morgan fingerprint density at radius 2 is 1.35 bits per heavy atom. The maximum absolute atomic E-state index is 14.7. The molecule has 0 saturated heterocycles. The van der Waals surface area contributed by atoms with Crippen LogP contribution >= 0.6 is 11.8 Å². The Balaban J connectivity index is 1.69.